The molecule has 6 heteroatoms. The van der Waals surface area contributed by atoms with E-state index >= 15 is 0 Å². The Labute approximate surface area is 146 Å². The monoisotopic (exact) mass is 346 g/mol. The second-order valence-electron chi connectivity index (χ2n) is 7.50. The molecule has 2 aliphatic carbocycles. The van der Waals surface area contributed by atoms with Crippen LogP contribution < -0.4 is 0 Å². The molecule has 0 amide bonds. The van der Waals surface area contributed by atoms with Crippen molar-refractivity contribution in [1.82, 2.24) is 0 Å². The van der Waals surface area contributed by atoms with Crippen LogP contribution in [0.25, 0.3) is 0 Å². The second kappa shape index (κ2) is 5.66. The van der Waals surface area contributed by atoms with E-state index in [1.165, 1.54) is 13.0 Å². The van der Waals surface area contributed by atoms with Crippen molar-refractivity contribution >= 4 is 17.7 Å². The Balaban J connectivity index is 2.07. The van der Waals surface area contributed by atoms with Gasteiger partial charge >= 0.3 is 11.9 Å². The highest BCUT2D eigenvalue weighted by atomic mass is 16.6. The topological polar surface area (TPSA) is 89.9 Å². The van der Waals surface area contributed by atoms with E-state index in [9.17, 15) is 19.5 Å². The molecular weight excluding hydrogens is 324 g/mol. The van der Waals surface area contributed by atoms with E-state index in [-0.39, 0.29) is 23.4 Å². The van der Waals surface area contributed by atoms with Gasteiger partial charge in [0.2, 0.25) is 0 Å². The Hall–Kier alpha value is -2.21. The summed E-state index contributed by atoms with van der Waals surface area (Å²) in [5.74, 6) is -3.18. The number of aliphatic hydroxyl groups is 1. The molecule has 0 unspecified atom stereocenters. The standard InChI is InChI=1S/C19H22O6/c1-8(2)17(21)24-12-7-19(5,23)15-11(20)6-9(3)13(15)16-14(12)10(4)18(22)25-16/h6,12-16,23H,1,4,7H2,2-3,5H3/t12-,13+,14-,15-,16-,19+/m0/s1. The Morgan fingerprint density at radius 3 is 2.64 bits per heavy atom. The first kappa shape index (κ1) is 17.6. The summed E-state index contributed by atoms with van der Waals surface area (Å²) in [4.78, 5) is 36.6. The molecule has 25 heavy (non-hydrogen) atoms. The fourth-order valence-corrected chi connectivity index (χ4v) is 4.35. The third-order valence-corrected chi connectivity index (χ3v) is 5.47. The van der Waals surface area contributed by atoms with Crippen molar-refractivity contribution in [3.8, 4) is 0 Å². The molecule has 0 aromatic heterocycles. The van der Waals surface area contributed by atoms with Crippen LogP contribution >= 0.6 is 0 Å². The van der Waals surface area contributed by atoms with E-state index in [1.54, 1.807) is 13.8 Å². The molecule has 0 radical (unpaired) electrons. The highest BCUT2D eigenvalue weighted by Gasteiger charge is 2.61. The maximum atomic E-state index is 12.5. The highest BCUT2D eigenvalue weighted by Crippen LogP contribution is 2.51. The van der Waals surface area contributed by atoms with Gasteiger partial charge in [-0.05, 0) is 26.8 Å². The zero-order chi connectivity index (χ0) is 18.7. The third-order valence-electron chi connectivity index (χ3n) is 5.47. The summed E-state index contributed by atoms with van der Waals surface area (Å²) < 4.78 is 11.0. The number of esters is 2. The van der Waals surface area contributed by atoms with Crippen LogP contribution in [0.4, 0.5) is 0 Å². The fourth-order valence-electron chi connectivity index (χ4n) is 4.35. The molecule has 6 nitrogen and oxygen atoms in total. The van der Waals surface area contributed by atoms with Crippen molar-refractivity contribution in [2.45, 2.75) is 45.0 Å². The lowest BCUT2D eigenvalue weighted by Gasteiger charge is -2.33. The minimum atomic E-state index is -1.41. The Kier molecular flexibility index (Phi) is 3.99. The van der Waals surface area contributed by atoms with Crippen LogP contribution in [0.3, 0.4) is 0 Å². The quantitative estimate of drug-likeness (QED) is 0.602. The van der Waals surface area contributed by atoms with Crippen LogP contribution in [0.15, 0.2) is 36.0 Å². The number of ether oxygens (including phenoxy) is 2. The molecule has 1 N–H and O–H groups in total. The first-order valence-corrected chi connectivity index (χ1v) is 8.25. The number of fused-ring (bicyclic) bond motifs is 3. The van der Waals surface area contributed by atoms with E-state index in [1.807, 2.05) is 0 Å². The summed E-state index contributed by atoms with van der Waals surface area (Å²) in [7, 11) is 0. The van der Waals surface area contributed by atoms with E-state index in [4.69, 9.17) is 9.47 Å². The fraction of sp³-hybridized carbons (Fsp3) is 0.526. The Morgan fingerprint density at radius 2 is 2.04 bits per heavy atom. The predicted octanol–water partition coefficient (Wildman–Crippen LogP) is 1.49. The lowest BCUT2D eigenvalue weighted by molar-refractivity contribution is -0.150. The lowest BCUT2D eigenvalue weighted by atomic mass is 9.76. The largest absolute Gasteiger partial charge is 0.458 e. The molecule has 0 spiro atoms. The molecule has 1 aliphatic heterocycles. The van der Waals surface area contributed by atoms with Gasteiger partial charge in [-0.15, -0.1) is 0 Å². The minimum absolute atomic E-state index is 0.0108. The van der Waals surface area contributed by atoms with Gasteiger partial charge in [0.05, 0.1) is 17.4 Å². The zero-order valence-corrected chi connectivity index (χ0v) is 14.6. The average molecular weight is 346 g/mol. The zero-order valence-electron chi connectivity index (χ0n) is 14.6. The molecule has 2 fully saturated rings. The van der Waals surface area contributed by atoms with Crippen LogP contribution in [0.2, 0.25) is 0 Å². The van der Waals surface area contributed by atoms with Crippen molar-refractivity contribution in [2.24, 2.45) is 17.8 Å². The van der Waals surface area contributed by atoms with Gasteiger partial charge in [0.15, 0.2) is 5.78 Å². The van der Waals surface area contributed by atoms with Crippen molar-refractivity contribution in [1.29, 1.82) is 0 Å². The van der Waals surface area contributed by atoms with Gasteiger partial charge in [0.25, 0.3) is 0 Å². The van der Waals surface area contributed by atoms with Gasteiger partial charge in [-0.25, -0.2) is 9.59 Å². The summed E-state index contributed by atoms with van der Waals surface area (Å²) in [6, 6.07) is 0. The number of allylic oxidation sites excluding steroid dienone is 1. The van der Waals surface area contributed by atoms with Crippen LogP contribution in [0.5, 0.6) is 0 Å². The van der Waals surface area contributed by atoms with Crippen molar-refractivity contribution in [2.75, 3.05) is 0 Å². The van der Waals surface area contributed by atoms with Gasteiger partial charge in [0, 0.05) is 23.5 Å². The van der Waals surface area contributed by atoms with E-state index < -0.39 is 47.5 Å². The maximum Gasteiger partial charge on any atom is 0.334 e. The Bertz CT molecular complexity index is 728. The van der Waals surface area contributed by atoms with Crippen LogP contribution in [0.1, 0.15) is 27.2 Å². The van der Waals surface area contributed by atoms with Crippen LogP contribution in [-0.4, -0.2) is 40.6 Å². The van der Waals surface area contributed by atoms with Gasteiger partial charge in [0.1, 0.15) is 12.2 Å². The van der Waals surface area contributed by atoms with Gasteiger partial charge < -0.3 is 14.6 Å². The molecule has 1 saturated carbocycles. The summed E-state index contributed by atoms with van der Waals surface area (Å²) in [5.41, 5.74) is -0.246. The number of carbonyl (C=O) groups is 3. The lowest BCUT2D eigenvalue weighted by Crippen LogP contribution is -2.44. The number of rotatable bonds is 2. The average Bonchev–Trinajstić information content (AvgIpc) is 2.91. The van der Waals surface area contributed by atoms with E-state index in [0.717, 1.165) is 5.57 Å². The van der Waals surface area contributed by atoms with E-state index in [0.29, 0.717) is 0 Å². The third kappa shape index (κ3) is 2.65. The summed E-state index contributed by atoms with van der Waals surface area (Å²) in [6.45, 7) is 12.2. The SMILES string of the molecule is C=C(C)C(=O)O[C@H]1C[C@@](C)(O)[C@H]2C(=O)C=C(C)[C@H]2[C@@H]2OC(=O)C(=C)[C@H]21. The van der Waals surface area contributed by atoms with Crippen molar-refractivity contribution in [3.05, 3.63) is 36.0 Å². The number of hydrogen-bond donors (Lipinski definition) is 1. The molecular formula is C19H22O6. The Morgan fingerprint density at radius 1 is 1.40 bits per heavy atom. The van der Waals surface area contributed by atoms with E-state index in [2.05, 4.69) is 13.2 Å². The summed E-state index contributed by atoms with van der Waals surface area (Å²) in [6.07, 6.45) is -0.00804. The summed E-state index contributed by atoms with van der Waals surface area (Å²) >= 11 is 0. The number of carbonyl (C=O) groups excluding carboxylic acids is 3. The predicted molar refractivity (Wildman–Crippen MR) is 88.2 cm³/mol. The first-order valence-electron chi connectivity index (χ1n) is 8.25. The molecule has 6 atom stereocenters. The maximum absolute atomic E-state index is 12.5. The molecule has 0 aromatic rings. The molecule has 1 saturated heterocycles. The highest BCUT2D eigenvalue weighted by molar-refractivity contribution is 5.97. The molecule has 3 aliphatic rings. The molecule has 0 aromatic carbocycles. The first-order chi connectivity index (χ1) is 11.5. The smallest absolute Gasteiger partial charge is 0.334 e. The molecule has 0 bridgehead atoms. The second-order valence-corrected chi connectivity index (χ2v) is 7.50. The number of hydrogen-bond acceptors (Lipinski definition) is 6. The summed E-state index contributed by atoms with van der Waals surface area (Å²) in [5, 5.41) is 11.0. The molecule has 3 rings (SSSR count). The minimum Gasteiger partial charge on any atom is -0.458 e. The van der Waals surface area contributed by atoms with Gasteiger partial charge in [-0.3, -0.25) is 4.79 Å². The van der Waals surface area contributed by atoms with Gasteiger partial charge in [-0.1, -0.05) is 18.7 Å². The van der Waals surface area contributed by atoms with Crippen LogP contribution in [-0.2, 0) is 23.9 Å². The van der Waals surface area contributed by atoms with Crippen LogP contribution in [0, 0.1) is 17.8 Å². The van der Waals surface area contributed by atoms with Crippen molar-refractivity contribution in [3.63, 3.8) is 0 Å². The van der Waals surface area contributed by atoms with Crippen molar-refractivity contribution < 1.29 is 29.0 Å². The normalized spacial score (nSPS) is 39.9. The number of ketones is 1. The molecule has 134 valence electrons. The van der Waals surface area contributed by atoms with Gasteiger partial charge in [-0.2, -0.15) is 0 Å². The molecule has 1 heterocycles.